The average molecular weight is 613 g/mol. The van der Waals surface area contributed by atoms with Gasteiger partial charge in [0.1, 0.15) is 34.3 Å². The highest BCUT2D eigenvalue weighted by molar-refractivity contribution is 5.99. The molecule has 2 heterocycles. The molecular formula is C37H40O8. The fourth-order valence-electron chi connectivity index (χ4n) is 5.87. The molecular weight excluding hydrogens is 572 g/mol. The highest BCUT2D eigenvalue weighted by atomic mass is 16.5. The summed E-state index contributed by atoms with van der Waals surface area (Å²) in [6, 6.07) is 17.3. The summed E-state index contributed by atoms with van der Waals surface area (Å²) in [6.45, 7) is 2.34. The van der Waals surface area contributed by atoms with Gasteiger partial charge in [-0.3, -0.25) is 9.59 Å². The number of carbonyl (C=O) groups is 3. The van der Waals surface area contributed by atoms with E-state index in [0.717, 1.165) is 29.7 Å². The van der Waals surface area contributed by atoms with Gasteiger partial charge in [-0.15, -0.1) is 0 Å². The molecule has 3 aromatic rings. The van der Waals surface area contributed by atoms with Gasteiger partial charge in [0.25, 0.3) is 0 Å². The fraction of sp³-hybridized carbons (Fsp3) is 0.378. The number of benzene rings is 3. The van der Waals surface area contributed by atoms with Gasteiger partial charge in [-0.2, -0.15) is 0 Å². The first-order valence-electron chi connectivity index (χ1n) is 15.6. The molecule has 0 aliphatic carbocycles. The van der Waals surface area contributed by atoms with Crippen molar-refractivity contribution < 1.29 is 38.1 Å². The molecule has 0 bridgehead atoms. The van der Waals surface area contributed by atoms with E-state index in [1.54, 1.807) is 13.2 Å². The van der Waals surface area contributed by atoms with Gasteiger partial charge in [-0.05, 0) is 79.6 Å². The van der Waals surface area contributed by atoms with Gasteiger partial charge in [-0.25, -0.2) is 4.79 Å². The molecule has 2 aliphatic heterocycles. The number of hydrogen-bond acceptors (Lipinski definition) is 8. The summed E-state index contributed by atoms with van der Waals surface area (Å²) in [4.78, 5) is 38.7. The van der Waals surface area contributed by atoms with Gasteiger partial charge >= 0.3 is 11.9 Å². The molecule has 0 N–H and O–H groups in total. The number of rotatable bonds is 7. The Morgan fingerprint density at radius 3 is 2.36 bits per heavy atom. The van der Waals surface area contributed by atoms with E-state index in [0.29, 0.717) is 72.6 Å². The topological polar surface area (TPSA) is 97.4 Å². The smallest absolute Gasteiger partial charge is 0.342 e. The predicted molar refractivity (Wildman–Crippen MR) is 170 cm³/mol. The van der Waals surface area contributed by atoms with Crippen LogP contribution < -0.4 is 18.9 Å². The summed E-state index contributed by atoms with van der Waals surface area (Å²) in [5.41, 5.74) is 3.49. The van der Waals surface area contributed by atoms with Crippen molar-refractivity contribution in [3.05, 3.63) is 88.5 Å². The first kappa shape index (κ1) is 31.8. The number of ether oxygens (including phenoxy) is 5. The molecule has 0 fully saturated rings. The van der Waals surface area contributed by atoms with Gasteiger partial charge in [-0.1, -0.05) is 36.4 Å². The molecule has 8 heteroatoms. The summed E-state index contributed by atoms with van der Waals surface area (Å²) < 4.78 is 28.7. The van der Waals surface area contributed by atoms with E-state index in [1.807, 2.05) is 67.6 Å². The van der Waals surface area contributed by atoms with E-state index in [2.05, 4.69) is 0 Å². The molecule has 45 heavy (non-hydrogen) atoms. The van der Waals surface area contributed by atoms with E-state index in [-0.39, 0.29) is 24.3 Å². The Morgan fingerprint density at radius 2 is 1.62 bits per heavy atom. The molecule has 5 rings (SSSR count). The number of fused-ring (bicyclic) bond motifs is 2. The third kappa shape index (κ3) is 7.93. The summed E-state index contributed by atoms with van der Waals surface area (Å²) >= 11 is 0. The summed E-state index contributed by atoms with van der Waals surface area (Å²) in [5, 5.41) is 0. The highest BCUT2D eigenvalue weighted by Gasteiger charge is 2.36. The Kier molecular flexibility index (Phi) is 10.6. The second-order valence-corrected chi connectivity index (χ2v) is 11.5. The fourth-order valence-corrected chi connectivity index (χ4v) is 5.87. The van der Waals surface area contributed by atoms with Crippen LogP contribution in [0.4, 0.5) is 0 Å². The number of methoxy groups -OCH3 is 2. The van der Waals surface area contributed by atoms with Crippen molar-refractivity contribution in [1.29, 1.82) is 0 Å². The third-order valence-corrected chi connectivity index (χ3v) is 8.26. The minimum Gasteiger partial charge on any atom is -0.497 e. The van der Waals surface area contributed by atoms with Crippen molar-refractivity contribution in [3.8, 4) is 23.0 Å². The Morgan fingerprint density at radius 1 is 0.889 bits per heavy atom. The molecule has 1 unspecified atom stereocenters. The Hall–Kier alpha value is -4.59. The Balaban J connectivity index is 1.42. The lowest BCUT2D eigenvalue weighted by Crippen LogP contribution is -2.24. The van der Waals surface area contributed by atoms with E-state index < -0.39 is 11.9 Å². The monoisotopic (exact) mass is 612 g/mol. The molecule has 2 atom stereocenters. The second kappa shape index (κ2) is 14.9. The van der Waals surface area contributed by atoms with Crippen LogP contribution >= 0.6 is 0 Å². The molecule has 0 saturated carbocycles. The van der Waals surface area contributed by atoms with Crippen LogP contribution in [0, 0.1) is 0 Å². The van der Waals surface area contributed by atoms with Crippen molar-refractivity contribution in [1.82, 2.24) is 0 Å². The maximum Gasteiger partial charge on any atom is 0.342 e. The Bertz CT molecular complexity index is 1540. The first-order chi connectivity index (χ1) is 21.9. The highest BCUT2D eigenvalue weighted by Crippen LogP contribution is 2.47. The number of esters is 2. The quantitative estimate of drug-likeness (QED) is 0.203. The minimum atomic E-state index is -0.513. The zero-order valence-electron chi connectivity index (χ0n) is 26.1. The van der Waals surface area contributed by atoms with Crippen LogP contribution in [0.25, 0.3) is 6.08 Å². The molecule has 8 nitrogen and oxygen atoms in total. The van der Waals surface area contributed by atoms with Gasteiger partial charge in [0.2, 0.25) is 0 Å². The van der Waals surface area contributed by atoms with Gasteiger partial charge in [0, 0.05) is 30.7 Å². The van der Waals surface area contributed by atoms with Gasteiger partial charge < -0.3 is 23.7 Å². The minimum absolute atomic E-state index is 0.0924. The lowest BCUT2D eigenvalue weighted by atomic mass is 9.83. The summed E-state index contributed by atoms with van der Waals surface area (Å²) in [5.74, 6) is 1.17. The van der Waals surface area contributed by atoms with E-state index >= 15 is 0 Å². The predicted octanol–water partition coefficient (Wildman–Crippen LogP) is 7.25. The van der Waals surface area contributed by atoms with Crippen LogP contribution in [0.15, 0.2) is 60.7 Å². The van der Waals surface area contributed by atoms with Crippen LogP contribution in [0.2, 0.25) is 0 Å². The molecule has 0 saturated heterocycles. The average Bonchev–Trinajstić information content (AvgIpc) is 3.03. The molecule has 3 aromatic carbocycles. The number of carbonyl (C=O) groups excluding carboxylic acids is 3. The maximum atomic E-state index is 13.7. The molecule has 2 aliphatic rings. The zero-order valence-corrected chi connectivity index (χ0v) is 26.1. The lowest BCUT2D eigenvalue weighted by molar-refractivity contribution is -0.135. The van der Waals surface area contributed by atoms with Crippen molar-refractivity contribution in [2.24, 2.45) is 0 Å². The second-order valence-electron chi connectivity index (χ2n) is 11.5. The van der Waals surface area contributed by atoms with Crippen LogP contribution in [-0.2, 0) is 20.7 Å². The van der Waals surface area contributed by atoms with Gasteiger partial charge in [0.15, 0.2) is 0 Å². The van der Waals surface area contributed by atoms with Gasteiger partial charge in [0.05, 0.1) is 33.4 Å². The van der Waals surface area contributed by atoms with Crippen molar-refractivity contribution >= 4 is 23.8 Å². The van der Waals surface area contributed by atoms with Crippen LogP contribution in [-0.4, -0.2) is 44.7 Å². The SMILES string of the molecule is COc1ccc(CCOc2ccc(C3CC(=O)Oc4cc5c(c(OC)c43)C(=O)O[C@@H](C)CCCC(=O)CCC/C=C/5)cc2)cc1. The van der Waals surface area contributed by atoms with Crippen LogP contribution in [0.1, 0.15) is 90.4 Å². The maximum absolute atomic E-state index is 13.7. The van der Waals surface area contributed by atoms with Crippen molar-refractivity contribution in [3.63, 3.8) is 0 Å². The molecule has 0 aromatic heterocycles. The van der Waals surface area contributed by atoms with E-state index in [4.69, 9.17) is 23.7 Å². The van der Waals surface area contributed by atoms with Crippen LogP contribution in [0.5, 0.6) is 23.0 Å². The largest absolute Gasteiger partial charge is 0.497 e. The van der Waals surface area contributed by atoms with Crippen LogP contribution in [0.3, 0.4) is 0 Å². The molecule has 236 valence electrons. The van der Waals surface area contributed by atoms with E-state index in [9.17, 15) is 14.4 Å². The van der Waals surface area contributed by atoms with Crippen molar-refractivity contribution in [2.45, 2.75) is 70.3 Å². The zero-order chi connectivity index (χ0) is 31.8. The van der Waals surface area contributed by atoms with E-state index in [1.165, 1.54) is 7.11 Å². The molecule has 0 radical (unpaired) electrons. The summed E-state index contributed by atoms with van der Waals surface area (Å²) in [7, 11) is 3.16. The number of cyclic esters (lactones) is 1. The Labute approximate surface area is 264 Å². The third-order valence-electron chi connectivity index (χ3n) is 8.26. The first-order valence-corrected chi connectivity index (χ1v) is 15.6. The number of hydrogen-bond donors (Lipinski definition) is 0. The number of Topliss-reactive ketones (excluding diaryl/α,β-unsaturated/α-hetero) is 1. The molecule has 0 spiro atoms. The normalized spacial score (nSPS) is 19.7. The van der Waals surface area contributed by atoms with Crippen molar-refractivity contribution in [2.75, 3.05) is 20.8 Å². The number of allylic oxidation sites excluding steroid dienone is 1. The standard InChI is InChI=1S/C37H40O8/c1-24-8-7-11-28(38)10-6-4-5-9-27-22-32-35(36(42-3)34(27)37(40)44-24)31(23-33(39)45-32)26-14-18-30(19-15-26)43-21-20-25-12-16-29(41-2)17-13-25/h5,9,12-19,22,24,31H,4,6-8,10-11,20-21,23H2,1-3H3/b9-5+/t24-,31?/m0/s1. The lowest BCUT2D eigenvalue weighted by Gasteiger charge is -2.29. The number of ketones is 1. The molecule has 0 amide bonds. The summed E-state index contributed by atoms with van der Waals surface area (Å²) in [6.07, 6.45) is 7.86.